The first-order chi connectivity index (χ1) is 16.1. The van der Waals surface area contributed by atoms with Gasteiger partial charge < -0.3 is 0 Å². The molecule has 0 atom stereocenters. The van der Waals surface area contributed by atoms with Crippen LogP contribution in [0.3, 0.4) is 0 Å². The minimum atomic E-state index is -3.89. The van der Waals surface area contributed by atoms with Crippen LogP contribution in [0.1, 0.15) is 37.3 Å². The van der Waals surface area contributed by atoms with Crippen molar-refractivity contribution in [3.05, 3.63) is 103 Å². The van der Waals surface area contributed by atoms with Crippen LogP contribution in [0.2, 0.25) is 0 Å². The van der Waals surface area contributed by atoms with Gasteiger partial charge in [0.2, 0.25) is 0 Å². The van der Waals surface area contributed by atoms with Crippen molar-refractivity contribution in [1.29, 1.82) is 0 Å². The number of nitrogens with zero attached hydrogens (tertiary/aromatic N) is 3. The molecule has 0 aliphatic heterocycles. The zero-order valence-corrected chi connectivity index (χ0v) is 19.2. The zero-order valence-electron chi connectivity index (χ0n) is 18.4. The minimum Gasteiger partial charge on any atom is -0.268 e. The van der Waals surface area contributed by atoms with Crippen molar-refractivity contribution in [3.8, 4) is 11.3 Å². The Bertz CT molecular complexity index is 1300. The molecule has 6 heteroatoms. The van der Waals surface area contributed by atoms with Crippen LogP contribution in [0.4, 0.5) is 5.69 Å². The van der Waals surface area contributed by atoms with Gasteiger partial charge in [-0.25, -0.2) is 8.42 Å². The van der Waals surface area contributed by atoms with Gasteiger partial charge in [0.1, 0.15) is 10.6 Å². The molecule has 33 heavy (non-hydrogen) atoms. The molecule has 5 rings (SSSR count). The molecule has 0 bridgehead atoms. The van der Waals surface area contributed by atoms with Crippen molar-refractivity contribution in [2.75, 3.05) is 4.31 Å². The first-order valence-corrected chi connectivity index (χ1v) is 12.8. The van der Waals surface area contributed by atoms with Crippen molar-refractivity contribution in [3.63, 3.8) is 0 Å². The Morgan fingerprint density at radius 1 is 0.818 bits per heavy atom. The predicted octanol–water partition coefficient (Wildman–Crippen LogP) is 6.06. The molecule has 4 aromatic rings. The standard InChI is InChI=1S/C27H27N3O2S/c31-33(32,30(25-18-8-3-9-19-25)20-22-12-4-1-5-13-22)26-21-29(24-16-10-11-17-24)28-27(26)23-14-6-2-7-15-23/h1-9,12-15,18-19,21,24H,10-11,16-17,20H2. The molecule has 0 amide bonds. The van der Waals surface area contributed by atoms with E-state index in [4.69, 9.17) is 5.10 Å². The molecule has 0 spiro atoms. The highest BCUT2D eigenvalue weighted by Gasteiger charge is 2.32. The van der Waals surface area contributed by atoms with E-state index in [0.717, 1.165) is 36.8 Å². The third-order valence-corrected chi connectivity index (χ3v) is 8.00. The maximum atomic E-state index is 14.2. The second-order valence-corrected chi connectivity index (χ2v) is 10.3. The van der Waals surface area contributed by atoms with Gasteiger partial charge in [0.05, 0.1) is 18.3 Å². The van der Waals surface area contributed by atoms with Crippen LogP contribution in [0.15, 0.2) is 102 Å². The van der Waals surface area contributed by atoms with E-state index in [1.165, 1.54) is 4.31 Å². The molecule has 1 aliphatic carbocycles. The summed E-state index contributed by atoms with van der Waals surface area (Å²) in [6.45, 7) is 0.246. The van der Waals surface area contributed by atoms with Crippen molar-refractivity contribution in [2.45, 2.75) is 43.2 Å². The van der Waals surface area contributed by atoms with Gasteiger partial charge in [0, 0.05) is 11.8 Å². The summed E-state index contributed by atoms with van der Waals surface area (Å²) < 4.78 is 31.8. The Balaban J connectivity index is 1.64. The molecule has 0 N–H and O–H groups in total. The number of anilines is 1. The molecule has 168 valence electrons. The molecular weight excluding hydrogens is 430 g/mol. The maximum Gasteiger partial charge on any atom is 0.268 e. The fourth-order valence-corrected chi connectivity index (χ4v) is 6.09. The van der Waals surface area contributed by atoms with Crippen molar-refractivity contribution >= 4 is 15.7 Å². The summed E-state index contributed by atoms with van der Waals surface area (Å²) in [7, 11) is -3.89. The normalized spacial score (nSPS) is 14.4. The lowest BCUT2D eigenvalue weighted by atomic mass is 10.2. The fraction of sp³-hybridized carbons (Fsp3) is 0.222. The van der Waals surface area contributed by atoms with Gasteiger partial charge >= 0.3 is 0 Å². The summed E-state index contributed by atoms with van der Waals surface area (Å²) in [6, 6.07) is 28.8. The van der Waals surface area contributed by atoms with Gasteiger partial charge in [0.25, 0.3) is 10.0 Å². The van der Waals surface area contributed by atoms with Crippen LogP contribution >= 0.6 is 0 Å². The fourth-order valence-electron chi connectivity index (χ4n) is 4.49. The molecule has 1 saturated carbocycles. The van der Waals surface area contributed by atoms with E-state index in [9.17, 15) is 8.42 Å². The zero-order chi connectivity index (χ0) is 22.7. The molecule has 1 aliphatic rings. The lowest BCUT2D eigenvalue weighted by Gasteiger charge is -2.24. The molecule has 3 aromatic carbocycles. The van der Waals surface area contributed by atoms with E-state index in [-0.39, 0.29) is 17.5 Å². The molecular formula is C27H27N3O2S. The Labute approximate surface area is 195 Å². The van der Waals surface area contributed by atoms with Crippen LogP contribution in [-0.2, 0) is 16.6 Å². The Kier molecular flexibility index (Phi) is 6.01. The second kappa shape index (κ2) is 9.24. The van der Waals surface area contributed by atoms with Gasteiger partial charge in [0.15, 0.2) is 0 Å². The number of para-hydroxylation sites is 1. The molecule has 0 radical (unpaired) electrons. The van der Waals surface area contributed by atoms with Crippen LogP contribution in [-0.4, -0.2) is 18.2 Å². The van der Waals surface area contributed by atoms with Crippen LogP contribution in [0.25, 0.3) is 11.3 Å². The van der Waals surface area contributed by atoms with Gasteiger partial charge in [-0.1, -0.05) is 91.7 Å². The van der Waals surface area contributed by atoms with Crippen molar-refractivity contribution in [1.82, 2.24) is 9.78 Å². The molecule has 0 unspecified atom stereocenters. The third-order valence-electron chi connectivity index (χ3n) is 6.23. The van der Waals surface area contributed by atoms with Crippen molar-refractivity contribution in [2.24, 2.45) is 0 Å². The van der Waals surface area contributed by atoms with Gasteiger partial charge in [-0.15, -0.1) is 0 Å². The van der Waals surface area contributed by atoms with E-state index in [1.807, 2.05) is 95.7 Å². The third kappa shape index (κ3) is 4.44. The summed E-state index contributed by atoms with van der Waals surface area (Å²) in [4.78, 5) is 0.250. The SMILES string of the molecule is O=S(=O)(c1cn(C2CCCC2)nc1-c1ccccc1)N(Cc1ccccc1)c1ccccc1. The van der Waals surface area contributed by atoms with E-state index < -0.39 is 10.0 Å². The molecule has 0 saturated heterocycles. The smallest absolute Gasteiger partial charge is 0.268 e. The lowest BCUT2D eigenvalue weighted by molar-refractivity contribution is 0.467. The number of rotatable bonds is 7. The largest absolute Gasteiger partial charge is 0.268 e. The predicted molar refractivity (Wildman–Crippen MR) is 131 cm³/mol. The van der Waals surface area contributed by atoms with Crippen LogP contribution in [0.5, 0.6) is 0 Å². The van der Waals surface area contributed by atoms with E-state index in [1.54, 1.807) is 6.20 Å². The average Bonchev–Trinajstić information content (AvgIpc) is 3.55. The highest BCUT2D eigenvalue weighted by Crippen LogP contribution is 2.36. The molecule has 1 heterocycles. The minimum absolute atomic E-state index is 0.246. The summed E-state index contributed by atoms with van der Waals surface area (Å²) in [5.41, 5.74) is 2.88. The summed E-state index contributed by atoms with van der Waals surface area (Å²) in [5, 5.41) is 4.82. The highest BCUT2D eigenvalue weighted by atomic mass is 32.2. The Hall–Kier alpha value is -3.38. The molecule has 1 fully saturated rings. The number of sulfonamides is 1. The number of aromatic nitrogens is 2. The monoisotopic (exact) mass is 457 g/mol. The molecule has 1 aromatic heterocycles. The first kappa shape index (κ1) is 21.5. The van der Waals surface area contributed by atoms with Gasteiger partial charge in [-0.3, -0.25) is 8.99 Å². The van der Waals surface area contributed by atoms with Crippen molar-refractivity contribution < 1.29 is 8.42 Å². The average molecular weight is 458 g/mol. The maximum absolute atomic E-state index is 14.2. The number of hydrogen-bond donors (Lipinski definition) is 0. The Morgan fingerprint density at radius 3 is 2.03 bits per heavy atom. The van der Waals surface area contributed by atoms with E-state index in [2.05, 4.69) is 0 Å². The lowest BCUT2D eigenvalue weighted by Crippen LogP contribution is -2.30. The van der Waals surface area contributed by atoms with E-state index in [0.29, 0.717) is 11.4 Å². The number of benzene rings is 3. The summed E-state index contributed by atoms with van der Waals surface area (Å²) >= 11 is 0. The second-order valence-electron chi connectivity index (χ2n) is 8.46. The first-order valence-electron chi connectivity index (χ1n) is 11.4. The molecule has 5 nitrogen and oxygen atoms in total. The van der Waals surface area contributed by atoms with Gasteiger partial charge in [-0.05, 0) is 30.5 Å². The quantitative estimate of drug-likeness (QED) is 0.339. The number of hydrogen-bond acceptors (Lipinski definition) is 3. The topological polar surface area (TPSA) is 55.2 Å². The highest BCUT2D eigenvalue weighted by molar-refractivity contribution is 7.93. The van der Waals surface area contributed by atoms with Crippen LogP contribution < -0.4 is 4.31 Å². The summed E-state index contributed by atoms with van der Waals surface area (Å²) in [6.07, 6.45) is 6.10. The van der Waals surface area contributed by atoms with Crippen LogP contribution in [0, 0.1) is 0 Å². The van der Waals surface area contributed by atoms with E-state index >= 15 is 0 Å². The Morgan fingerprint density at radius 2 is 1.39 bits per heavy atom. The summed E-state index contributed by atoms with van der Waals surface area (Å²) in [5.74, 6) is 0. The van der Waals surface area contributed by atoms with Gasteiger partial charge in [-0.2, -0.15) is 5.10 Å².